The molecule has 2 rings (SSSR count). The van der Waals surface area contributed by atoms with Gasteiger partial charge in [-0.25, -0.2) is 0 Å². The summed E-state index contributed by atoms with van der Waals surface area (Å²) in [5, 5.41) is 0. The van der Waals surface area contributed by atoms with Gasteiger partial charge >= 0.3 is 11.9 Å². The largest absolute Gasteiger partial charge is 0.464 e. The maximum Gasteiger partial charge on any atom is 0.305 e. The van der Waals surface area contributed by atoms with Crippen molar-refractivity contribution < 1.29 is 19.1 Å². The van der Waals surface area contributed by atoms with E-state index in [4.69, 9.17) is 9.47 Å². The number of hydrogen-bond donors (Lipinski definition) is 0. The van der Waals surface area contributed by atoms with E-state index in [1.165, 1.54) is 38.5 Å². The first kappa shape index (κ1) is 29.1. The van der Waals surface area contributed by atoms with Crippen LogP contribution in [0.2, 0.25) is 0 Å². The van der Waals surface area contributed by atoms with Crippen LogP contribution in [0.5, 0.6) is 0 Å². The Hall–Kier alpha value is -1.14. The molecule has 2 saturated heterocycles. The minimum Gasteiger partial charge on any atom is -0.464 e. The van der Waals surface area contributed by atoms with Crippen LogP contribution in [0, 0.1) is 0 Å². The van der Waals surface area contributed by atoms with Crippen LogP contribution in [0.15, 0.2) is 0 Å². The van der Waals surface area contributed by atoms with Crippen LogP contribution >= 0.6 is 0 Å². The van der Waals surface area contributed by atoms with Gasteiger partial charge < -0.3 is 9.47 Å². The predicted molar refractivity (Wildman–Crippen MR) is 138 cm³/mol. The lowest BCUT2D eigenvalue weighted by Gasteiger charge is -2.53. The molecule has 0 aromatic rings. The first-order valence-corrected chi connectivity index (χ1v) is 13.5. The number of unbranched alkanes of at least 4 members (excludes halogenated alkanes) is 1. The topological polar surface area (TPSA) is 59.1 Å². The van der Waals surface area contributed by atoms with Crippen LogP contribution in [0.1, 0.15) is 120 Å². The summed E-state index contributed by atoms with van der Waals surface area (Å²) in [7, 11) is 0. The second-order valence-electron chi connectivity index (χ2n) is 12.9. The second-order valence-corrected chi connectivity index (χ2v) is 12.9. The molecular weight excluding hydrogens is 428 g/mol. The average molecular weight is 481 g/mol. The van der Waals surface area contributed by atoms with Crippen LogP contribution in [0.3, 0.4) is 0 Å². The number of ether oxygens (including phenoxy) is 2. The Morgan fingerprint density at radius 3 is 1.18 bits per heavy atom. The smallest absolute Gasteiger partial charge is 0.305 e. The second kappa shape index (κ2) is 11.7. The van der Waals surface area contributed by atoms with Gasteiger partial charge in [-0.15, -0.1) is 0 Å². The Morgan fingerprint density at radius 2 is 0.882 bits per heavy atom. The van der Waals surface area contributed by atoms with Crippen molar-refractivity contribution in [3.63, 3.8) is 0 Å². The van der Waals surface area contributed by atoms with Gasteiger partial charge in [-0.05, 0) is 107 Å². The molecule has 2 aliphatic rings. The van der Waals surface area contributed by atoms with E-state index in [1.807, 2.05) is 0 Å². The van der Waals surface area contributed by atoms with Crippen LogP contribution in [0.25, 0.3) is 0 Å². The number of piperidine rings is 2. The third-order valence-corrected chi connectivity index (χ3v) is 8.24. The number of esters is 2. The Kier molecular flexibility index (Phi) is 10.0. The summed E-state index contributed by atoms with van der Waals surface area (Å²) in [6.07, 6.45) is 9.21. The monoisotopic (exact) mass is 480 g/mol. The van der Waals surface area contributed by atoms with Crippen molar-refractivity contribution in [2.75, 3.05) is 26.3 Å². The predicted octanol–water partition coefficient (Wildman–Crippen LogP) is 5.72. The fourth-order valence-corrected chi connectivity index (χ4v) is 6.48. The molecule has 198 valence electrons. The summed E-state index contributed by atoms with van der Waals surface area (Å²) in [5.74, 6) is -0.342. The Bertz CT molecular complexity index is 594. The lowest BCUT2D eigenvalue weighted by Crippen LogP contribution is -2.59. The van der Waals surface area contributed by atoms with Crippen molar-refractivity contribution in [1.82, 2.24) is 9.80 Å². The van der Waals surface area contributed by atoms with E-state index in [0.717, 1.165) is 13.1 Å². The summed E-state index contributed by atoms with van der Waals surface area (Å²) < 4.78 is 11.0. The highest BCUT2D eigenvalue weighted by atomic mass is 16.5. The molecule has 0 radical (unpaired) electrons. The van der Waals surface area contributed by atoms with E-state index in [1.54, 1.807) is 0 Å². The summed E-state index contributed by atoms with van der Waals surface area (Å²) in [6.45, 7) is 20.6. The fraction of sp³-hybridized carbons (Fsp3) is 0.929. The van der Waals surface area contributed by atoms with Crippen LogP contribution in [0.4, 0.5) is 0 Å². The molecule has 0 bridgehead atoms. The zero-order valence-electron chi connectivity index (χ0n) is 23.4. The van der Waals surface area contributed by atoms with Crippen LogP contribution in [-0.4, -0.2) is 70.2 Å². The number of carbonyl (C=O) groups is 2. The standard InChI is InChI=1S/C28H52N2O4/c1-25(2)15-11-16-26(3,4)29(25)19-21-33-23(31)13-9-10-14-24(32)34-22-20-30-27(5,6)17-12-18-28(30,7)8/h9-22H2,1-8H3. The van der Waals surface area contributed by atoms with E-state index >= 15 is 0 Å². The van der Waals surface area contributed by atoms with Gasteiger partial charge in [0, 0.05) is 48.1 Å². The maximum absolute atomic E-state index is 12.2. The number of likely N-dealkylation sites (tertiary alicyclic amines) is 2. The van der Waals surface area contributed by atoms with Crippen LogP contribution in [-0.2, 0) is 19.1 Å². The van der Waals surface area contributed by atoms with E-state index in [2.05, 4.69) is 65.2 Å². The fourth-order valence-electron chi connectivity index (χ4n) is 6.48. The molecule has 34 heavy (non-hydrogen) atoms. The van der Waals surface area contributed by atoms with Crippen molar-refractivity contribution in [1.29, 1.82) is 0 Å². The Morgan fingerprint density at radius 1 is 0.588 bits per heavy atom. The highest BCUT2D eigenvalue weighted by Crippen LogP contribution is 2.38. The summed E-state index contributed by atoms with van der Waals surface area (Å²) in [6, 6.07) is 0. The highest BCUT2D eigenvalue weighted by Gasteiger charge is 2.41. The van der Waals surface area contributed by atoms with Gasteiger partial charge in [0.15, 0.2) is 0 Å². The summed E-state index contributed by atoms with van der Waals surface area (Å²) in [5.41, 5.74) is 0.532. The lowest BCUT2D eigenvalue weighted by atomic mass is 9.80. The zero-order valence-corrected chi connectivity index (χ0v) is 23.4. The third-order valence-electron chi connectivity index (χ3n) is 8.24. The van der Waals surface area contributed by atoms with Crippen LogP contribution < -0.4 is 0 Å². The molecule has 0 atom stereocenters. The van der Waals surface area contributed by atoms with Crippen molar-refractivity contribution in [2.24, 2.45) is 0 Å². The van der Waals surface area contributed by atoms with Gasteiger partial charge in [-0.3, -0.25) is 19.4 Å². The first-order chi connectivity index (χ1) is 15.7. The molecule has 2 aliphatic heterocycles. The number of rotatable bonds is 11. The molecule has 0 aromatic heterocycles. The Labute approximate surface area is 209 Å². The van der Waals surface area contributed by atoms with E-state index in [9.17, 15) is 9.59 Å². The summed E-state index contributed by atoms with van der Waals surface area (Å²) in [4.78, 5) is 29.3. The zero-order chi connectivity index (χ0) is 25.6. The molecule has 0 aliphatic carbocycles. The molecule has 6 heteroatoms. The average Bonchev–Trinajstić information content (AvgIpc) is 2.68. The van der Waals surface area contributed by atoms with Gasteiger partial charge in [-0.1, -0.05) is 0 Å². The Balaban J connectivity index is 1.59. The highest BCUT2D eigenvalue weighted by molar-refractivity contribution is 5.70. The molecular formula is C28H52N2O4. The SMILES string of the molecule is CC1(C)CCCC(C)(C)N1CCOC(=O)CCCCC(=O)OCCN1C(C)(C)CCCC1(C)C. The molecule has 0 spiro atoms. The van der Waals surface area contributed by atoms with E-state index in [0.29, 0.717) is 38.9 Å². The van der Waals surface area contributed by atoms with Gasteiger partial charge in [0.1, 0.15) is 13.2 Å². The van der Waals surface area contributed by atoms with Gasteiger partial charge in [0.05, 0.1) is 0 Å². The van der Waals surface area contributed by atoms with Gasteiger partial charge in [0.25, 0.3) is 0 Å². The lowest BCUT2D eigenvalue weighted by molar-refractivity contribution is -0.148. The summed E-state index contributed by atoms with van der Waals surface area (Å²) >= 11 is 0. The third kappa shape index (κ3) is 8.22. The minimum absolute atomic E-state index is 0.133. The molecule has 0 aromatic carbocycles. The molecule has 0 N–H and O–H groups in total. The number of hydrogen-bond acceptors (Lipinski definition) is 6. The molecule has 0 amide bonds. The van der Waals surface area contributed by atoms with Gasteiger partial charge in [0.2, 0.25) is 0 Å². The van der Waals surface area contributed by atoms with E-state index < -0.39 is 0 Å². The molecule has 0 saturated carbocycles. The quantitative estimate of drug-likeness (QED) is 0.278. The molecule has 6 nitrogen and oxygen atoms in total. The van der Waals surface area contributed by atoms with Gasteiger partial charge in [-0.2, -0.15) is 0 Å². The molecule has 2 heterocycles. The minimum atomic E-state index is -0.171. The van der Waals surface area contributed by atoms with Crippen molar-refractivity contribution in [3.05, 3.63) is 0 Å². The number of nitrogens with zero attached hydrogens (tertiary/aromatic N) is 2. The van der Waals surface area contributed by atoms with Crippen molar-refractivity contribution in [2.45, 2.75) is 142 Å². The van der Waals surface area contributed by atoms with Crippen molar-refractivity contribution >= 4 is 11.9 Å². The molecule has 2 fully saturated rings. The normalized spacial score (nSPS) is 23.9. The maximum atomic E-state index is 12.2. The van der Waals surface area contributed by atoms with Crippen molar-refractivity contribution in [3.8, 4) is 0 Å². The van der Waals surface area contributed by atoms with E-state index in [-0.39, 0.29) is 34.1 Å². The first-order valence-electron chi connectivity index (χ1n) is 13.5. The molecule has 0 unspecified atom stereocenters. The number of carbonyl (C=O) groups excluding carboxylic acids is 2.